The van der Waals surface area contributed by atoms with E-state index in [9.17, 15) is 22.4 Å². The minimum absolute atomic E-state index is 0.351. The summed E-state index contributed by atoms with van der Waals surface area (Å²) in [5, 5.41) is 5.03. The fourth-order valence-corrected chi connectivity index (χ4v) is 1.87. The van der Waals surface area contributed by atoms with Crippen LogP contribution in [-0.2, 0) is 4.79 Å². The lowest BCUT2D eigenvalue weighted by atomic mass is 10.3. The van der Waals surface area contributed by atoms with Gasteiger partial charge in [-0.2, -0.15) is 5.10 Å². The average molecular weight is 316 g/mol. The molecule has 114 valence electrons. The second-order valence-electron chi connectivity index (χ2n) is 4.10. The van der Waals surface area contributed by atoms with E-state index in [0.717, 1.165) is 0 Å². The number of nitrogens with zero attached hydrogens (tertiary/aromatic N) is 2. The van der Waals surface area contributed by atoms with E-state index in [2.05, 4.69) is 10.4 Å². The van der Waals surface area contributed by atoms with E-state index in [1.807, 2.05) is 6.92 Å². The maximum Gasteiger partial charge on any atom is 0.283 e. The van der Waals surface area contributed by atoms with Gasteiger partial charge in [0.2, 0.25) is 5.91 Å². The molecule has 1 aromatic rings. The smallest absolute Gasteiger partial charge is 0.283 e. The lowest BCUT2D eigenvalue weighted by Gasteiger charge is -2.15. The van der Waals surface area contributed by atoms with Crippen LogP contribution in [0.15, 0.2) is 0 Å². The summed E-state index contributed by atoms with van der Waals surface area (Å²) >= 11 is 5.50. The number of hydrogen-bond acceptors (Lipinski definition) is 2. The largest absolute Gasteiger partial charge is 0.354 e. The van der Waals surface area contributed by atoms with Crippen LogP contribution in [-0.4, -0.2) is 22.2 Å². The quantitative estimate of drug-likeness (QED) is 0.817. The Bertz CT molecular complexity index is 478. The van der Waals surface area contributed by atoms with Gasteiger partial charge in [0.05, 0.1) is 5.02 Å². The predicted molar refractivity (Wildman–Crippen MR) is 65.2 cm³/mol. The van der Waals surface area contributed by atoms with Crippen LogP contribution in [0.3, 0.4) is 0 Å². The zero-order valence-corrected chi connectivity index (χ0v) is 11.6. The summed E-state index contributed by atoms with van der Waals surface area (Å²) in [5.74, 6) is -0.589. The number of rotatable bonds is 6. The lowest BCUT2D eigenvalue weighted by Crippen LogP contribution is -2.32. The normalized spacial score (nSPS) is 13.1. The maximum absolute atomic E-state index is 12.9. The molecular formula is C11H14ClF4N3O. The Kier molecular flexibility index (Phi) is 5.79. The number of alkyl halides is 4. The molecule has 1 unspecified atom stereocenters. The first-order valence-corrected chi connectivity index (χ1v) is 6.30. The Balaban J connectivity index is 3.16. The number of carbonyl (C=O) groups is 1. The zero-order chi connectivity index (χ0) is 15.4. The molecule has 1 atom stereocenters. The Hall–Kier alpha value is -1.31. The molecule has 0 aliphatic rings. The number of amides is 1. The number of hydrogen-bond donors (Lipinski definition) is 1. The summed E-state index contributed by atoms with van der Waals surface area (Å²) in [6.45, 7) is 3.45. The molecule has 0 aliphatic carbocycles. The molecule has 0 aliphatic heterocycles. The highest BCUT2D eigenvalue weighted by Gasteiger charge is 2.31. The van der Waals surface area contributed by atoms with E-state index < -0.39 is 41.2 Å². The SMILES string of the molecule is CCCNC(=O)C(C)n1nc(C(F)F)c(Cl)c1C(F)F. The Morgan fingerprint density at radius 3 is 2.40 bits per heavy atom. The van der Waals surface area contributed by atoms with Gasteiger partial charge < -0.3 is 5.32 Å². The van der Waals surface area contributed by atoms with Gasteiger partial charge in [-0.1, -0.05) is 18.5 Å². The second-order valence-corrected chi connectivity index (χ2v) is 4.48. The van der Waals surface area contributed by atoms with E-state index in [1.165, 1.54) is 6.92 Å². The van der Waals surface area contributed by atoms with Crippen molar-refractivity contribution in [2.24, 2.45) is 0 Å². The topological polar surface area (TPSA) is 46.9 Å². The summed E-state index contributed by atoms with van der Waals surface area (Å²) in [4.78, 5) is 11.7. The van der Waals surface area contributed by atoms with Gasteiger partial charge >= 0.3 is 0 Å². The summed E-state index contributed by atoms with van der Waals surface area (Å²) in [5.41, 5.74) is -1.82. The van der Waals surface area contributed by atoms with Gasteiger partial charge in [0, 0.05) is 6.54 Å². The molecule has 1 amide bonds. The highest BCUT2D eigenvalue weighted by atomic mass is 35.5. The highest BCUT2D eigenvalue weighted by Crippen LogP contribution is 2.36. The van der Waals surface area contributed by atoms with Gasteiger partial charge in [0.15, 0.2) is 0 Å². The van der Waals surface area contributed by atoms with Crippen LogP contribution in [0.5, 0.6) is 0 Å². The monoisotopic (exact) mass is 315 g/mol. The minimum Gasteiger partial charge on any atom is -0.354 e. The Labute approximate surface area is 118 Å². The van der Waals surface area contributed by atoms with Crippen molar-refractivity contribution in [2.75, 3.05) is 6.54 Å². The molecule has 0 fully saturated rings. The van der Waals surface area contributed by atoms with Crippen molar-refractivity contribution in [2.45, 2.75) is 39.2 Å². The first-order chi connectivity index (χ1) is 9.31. The van der Waals surface area contributed by atoms with Gasteiger partial charge in [-0.3, -0.25) is 4.79 Å². The molecule has 0 aromatic carbocycles. The van der Waals surface area contributed by atoms with Crippen LogP contribution in [0, 0.1) is 0 Å². The van der Waals surface area contributed by atoms with E-state index in [4.69, 9.17) is 11.6 Å². The number of carbonyl (C=O) groups excluding carboxylic acids is 1. The third-order valence-corrected chi connectivity index (χ3v) is 3.01. The molecule has 1 N–H and O–H groups in total. The van der Waals surface area contributed by atoms with Crippen LogP contribution in [0.25, 0.3) is 0 Å². The molecule has 0 radical (unpaired) electrons. The van der Waals surface area contributed by atoms with Gasteiger partial charge in [-0.05, 0) is 13.3 Å². The predicted octanol–water partition coefficient (Wildman–Crippen LogP) is 3.50. The van der Waals surface area contributed by atoms with Crippen molar-refractivity contribution >= 4 is 17.5 Å². The second kappa shape index (κ2) is 6.92. The molecule has 0 saturated heterocycles. The fourth-order valence-electron chi connectivity index (χ4n) is 1.58. The van der Waals surface area contributed by atoms with Crippen molar-refractivity contribution in [3.8, 4) is 0 Å². The van der Waals surface area contributed by atoms with Crippen LogP contribution < -0.4 is 5.32 Å². The zero-order valence-electron chi connectivity index (χ0n) is 10.8. The number of aromatic nitrogens is 2. The number of nitrogens with one attached hydrogen (secondary N) is 1. The average Bonchev–Trinajstić information content (AvgIpc) is 2.72. The van der Waals surface area contributed by atoms with E-state index in [0.29, 0.717) is 17.6 Å². The standard InChI is InChI=1S/C11H14ClF4N3O/c1-3-4-17-11(20)5(2)19-8(10(15)16)6(12)7(18-19)9(13)14/h5,9-10H,3-4H2,1-2H3,(H,17,20). The van der Waals surface area contributed by atoms with Crippen LogP contribution >= 0.6 is 11.6 Å². The van der Waals surface area contributed by atoms with Crippen molar-refractivity contribution < 1.29 is 22.4 Å². The van der Waals surface area contributed by atoms with Crippen LogP contribution in [0.1, 0.15) is 50.5 Å². The van der Waals surface area contributed by atoms with Gasteiger partial charge in [0.1, 0.15) is 17.4 Å². The molecule has 0 bridgehead atoms. The van der Waals surface area contributed by atoms with Gasteiger partial charge in [0.25, 0.3) is 12.9 Å². The summed E-state index contributed by atoms with van der Waals surface area (Å²) in [6.07, 6.45) is -5.54. The van der Waals surface area contributed by atoms with Crippen molar-refractivity contribution in [3.05, 3.63) is 16.4 Å². The van der Waals surface area contributed by atoms with Crippen molar-refractivity contribution in [1.82, 2.24) is 15.1 Å². The van der Waals surface area contributed by atoms with Crippen LogP contribution in [0.2, 0.25) is 5.02 Å². The third kappa shape index (κ3) is 3.41. The van der Waals surface area contributed by atoms with E-state index >= 15 is 0 Å². The Morgan fingerprint density at radius 1 is 1.35 bits per heavy atom. The first kappa shape index (κ1) is 16.7. The van der Waals surface area contributed by atoms with E-state index in [-0.39, 0.29) is 0 Å². The third-order valence-electron chi connectivity index (χ3n) is 2.62. The molecular weight excluding hydrogens is 302 g/mol. The molecule has 20 heavy (non-hydrogen) atoms. The molecule has 1 rings (SSSR count). The summed E-state index contributed by atoms with van der Waals surface area (Å²) in [6, 6.07) is -1.16. The molecule has 1 aromatic heterocycles. The molecule has 0 saturated carbocycles. The molecule has 1 heterocycles. The molecule has 0 spiro atoms. The van der Waals surface area contributed by atoms with Crippen molar-refractivity contribution in [1.29, 1.82) is 0 Å². The number of halogens is 5. The fraction of sp³-hybridized carbons (Fsp3) is 0.636. The van der Waals surface area contributed by atoms with E-state index in [1.54, 1.807) is 0 Å². The summed E-state index contributed by atoms with van der Waals surface area (Å²) < 4.78 is 51.7. The first-order valence-electron chi connectivity index (χ1n) is 5.93. The molecule has 4 nitrogen and oxygen atoms in total. The van der Waals surface area contributed by atoms with Gasteiger partial charge in [-0.25, -0.2) is 22.2 Å². The molecule has 9 heteroatoms. The van der Waals surface area contributed by atoms with Gasteiger partial charge in [-0.15, -0.1) is 0 Å². The minimum atomic E-state index is -3.11. The van der Waals surface area contributed by atoms with Crippen LogP contribution in [0.4, 0.5) is 17.6 Å². The van der Waals surface area contributed by atoms with Crippen molar-refractivity contribution in [3.63, 3.8) is 0 Å². The summed E-state index contributed by atoms with van der Waals surface area (Å²) in [7, 11) is 0. The Morgan fingerprint density at radius 2 is 1.95 bits per heavy atom. The lowest BCUT2D eigenvalue weighted by molar-refractivity contribution is -0.124. The maximum atomic E-state index is 12.9. The highest BCUT2D eigenvalue weighted by molar-refractivity contribution is 6.32.